The minimum Gasteiger partial charge on any atom is -0.350 e. The molecule has 0 bridgehead atoms. The van der Waals surface area contributed by atoms with Crippen molar-refractivity contribution < 1.29 is 9.59 Å². The number of nitrogens with one attached hydrogen (secondary N) is 1. The first kappa shape index (κ1) is 21.2. The second-order valence-electron chi connectivity index (χ2n) is 7.15. The van der Waals surface area contributed by atoms with E-state index in [1.807, 2.05) is 79.7 Å². The molecule has 0 aliphatic carbocycles. The number of carbonyl (C=O) groups is 2. The van der Waals surface area contributed by atoms with E-state index in [0.717, 1.165) is 16.7 Å². The molecule has 0 fully saturated rings. The summed E-state index contributed by atoms with van der Waals surface area (Å²) in [7, 11) is 0. The molecule has 0 saturated heterocycles. The molecule has 5 heteroatoms. The summed E-state index contributed by atoms with van der Waals surface area (Å²) in [5, 5.41) is 2.99. The summed E-state index contributed by atoms with van der Waals surface area (Å²) in [6.45, 7) is 2.59. The Hall–Kier alpha value is -3.47. The van der Waals surface area contributed by atoms with E-state index in [1.165, 1.54) is 0 Å². The van der Waals surface area contributed by atoms with Crippen molar-refractivity contribution >= 4 is 11.8 Å². The van der Waals surface area contributed by atoms with Crippen molar-refractivity contribution in [2.45, 2.75) is 38.9 Å². The molecular formula is C25H27N3O2. The molecule has 1 N–H and O–H groups in total. The van der Waals surface area contributed by atoms with E-state index in [2.05, 4.69) is 10.3 Å². The zero-order valence-corrected chi connectivity index (χ0v) is 17.2. The molecule has 0 radical (unpaired) electrons. The van der Waals surface area contributed by atoms with Gasteiger partial charge in [0.25, 0.3) is 0 Å². The summed E-state index contributed by atoms with van der Waals surface area (Å²) in [4.78, 5) is 31.9. The molecule has 3 aromatic rings. The second-order valence-corrected chi connectivity index (χ2v) is 7.15. The SMILES string of the molecule is CCC(=O)N(Cc1ccccc1)C(Cc1ccccc1)C(=O)NCc1cccnc1. The van der Waals surface area contributed by atoms with Crippen LogP contribution in [-0.4, -0.2) is 27.7 Å². The van der Waals surface area contributed by atoms with Gasteiger partial charge in [-0.15, -0.1) is 0 Å². The third-order valence-electron chi connectivity index (χ3n) is 4.96. The van der Waals surface area contributed by atoms with Crippen LogP contribution in [-0.2, 0) is 29.1 Å². The Bertz CT molecular complexity index is 930. The van der Waals surface area contributed by atoms with Gasteiger partial charge in [-0.3, -0.25) is 14.6 Å². The first-order valence-electron chi connectivity index (χ1n) is 10.2. The van der Waals surface area contributed by atoms with Gasteiger partial charge in [0.05, 0.1) is 0 Å². The van der Waals surface area contributed by atoms with Gasteiger partial charge in [-0.2, -0.15) is 0 Å². The highest BCUT2D eigenvalue weighted by Crippen LogP contribution is 2.16. The van der Waals surface area contributed by atoms with Crippen LogP contribution in [0.15, 0.2) is 85.2 Å². The molecular weight excluding hydrogens is 374 g/mol. The lowest BCUT2D eigenvalue weighted by molar-refractivity contribution is -0.141. The van der Waals surface area contributed by atoms with Crippen molar-refractivity contribution in [2.75, 3.05) is 0 Å². The highest BCUT2D eigenvalue weighted by atomic mass is 16.2. The fourth-order valence-corrected chi connectivity index (χ4v) is 3.35. The molecule has 1 heterocycles. The Morgan fingerprint density at radius 3 is 2.13 bits per heavy atom. The largest absolute Gasteiger partial charge is 0.350 e. The Morgan fingerprint density at radius 1 is 0.900 bits per heavy atom. The Kier molecular flexibility index (Phi) is 7.72. The van der Waals surface area contributed by atoms with E-state index in [4.69, 9.17) is 0 Å². The number of amides is 2. The number of carbonyl (C=O) groups excluding carboxylic acids is 2. The Balaban J connectivity index is 1.84. The van der Waals surface area contributed by atoms with Gasteiger partial charge in [0, 0.05) is 38.3 Å². The molecule has 5 nitrogen and oxygen atoms in total. The molecule has 0 aliphatic rings. The van der Waals surface area contributed by atoms with E-state index in [9.17, 15) is 9.59 Å². The van der Waals surface area contributed by atoms with Crippen LogP contribution in [0, 0.1) is 0 Å². The maximum Gasteiger partial charge on any atom is 0.243 e. The summed E-state index contributed by atoms with van der Waals surface area (Å²) in [6.07, 6.45) is 4.22. The normalized spacial score (nSPS) is 11.5. The highest BCUT2D eigenvalue weighted by Gasteiger charge is 2.29. The monoisotopic (exact) mass is 401 g/mol. The van der Waals surface area contributed by atoms with Crippen LogP contribution in [0.5, 0.6) is 0 Å². The van der Waals surface area contributed by atoms with Gasteiger partial charge in [-0.05, 0) is 22.8 Å². The molecule has 2 aromatic carbocycles. The van der Waals surface area contributed by atoms with Crippen LogP contribution < -0.4 is 5.32 Å². The van der Waals surface area contributed by atoms with Crippen LogP contribution >= 0.6 is 0 Å². The lowest BCUT2D eigenvalue weighted by Crippen LogP contribution is -2.50. The molecule has 0 saturated carbocycles. The Labute approximate surface area is 177 Å². The van der Waals surface area contributed by atoms with Crippen LogP contribution in [0.3, 0.4) is 0 Å². The molecule has 1 unspecified atom stereocenters. The van der Waals surface area contributed by atoms with E-state index in [0.29, 0.717) is 25.9 Å². The molecule has 154 valence electrons. The maximum atomic E-state index is 13.2. The number of nitrogens with zero attached hydrogens (tertiary/aromatic N) is 2. The topological polar surface area (TPSA) is 62.3 Å². The first-order valence-corrected chi connectivity index (χ1v) is 10.2. The maximum absolute atomic E-state index is 13.2. The molecule has 30 heavy (non-hydrogen) atoms. The fourth-order valence-electron chi connectivity index (χ4n) is 3.35. The van der Waals surface area contributed by atoms with E-state index >= 15 is 0 Å². The predicted molar refractivity (Wildman–Crippen MR) is 117 cm³/mol. The number of aromatic nitrogens is 1. The van der Waals surface area contributed by atoms with Crippen molar-refractivity contribution in [1.82, 2.24) is 15.2 Å². The number of benzene rings is 2. The van der Waals surface area contributed by atoms with Gasteiger partial charge in [0.1, 0.15) is 6.04 Å². The summed E-state index contributed by atoms with van der Waals surface area (Å²) in [6, 6.07) is 22.7. The smallest absolute Gasteiger partial charge is 0.243 e. The quantitative estimate of drug-likeness (QED) is 0.594. The average Bonchev–Trinajstić information content (AvgIpc) is 2.81. The first-order chi connectivity index (χ1) is 14.7. The van der Waals surface area contributed by atoms with Crippen molar-refractivity contribution in [3.63, 3.8) is 0 Å². The van der Waals surface area contributed by atoms with E-state index < -0.39 is 6.04 Å². The number of hydrogen-bond donors (Lipinski definition) is 1. The van der Waals surface area contributed by atoms with Gasteiger partial charge < -0.3 is 10.2 Å². The Morgan fingerprint density at radius 2 is 1.53 bits per heavy atom. The third-order valence-corrected chi connectivity index (χ3v) is 4.96. The average molecular weight is 402 g/mol. The highest BCUT2D eigenvalue weighted by molar-refractivity contribution is 5.87. The van der Waals surface area contributed by atoms with E-state index in [-0.39, 0.29) is 11.8 Å². The van der Waals surface area contributed by atoms with E-state index in [1.54, 1.807) is 17.3 Å². The molecule has 0 aliphatic heterocycles. The van der Waals surface area contributed by atoms with Gasteiger partial charge >= 0.3 is 0 Å². The van der Waals surface area contributed by atoms with Crippen molar-refractivity contribution in [1.29, 1.82) is 0 Å². The molecule has 1 atom stereocenters. The minimum atomic E-state index is -0.600. The number of rotatable bonds is 9. The number of pyridine rings is 1. The molecule has 2 amide bonds. The molecule has 1 aromatic heterocycles. The van der Waals surface area contributed by atoms with Gasteiger partial charge in [-0.25, -0.2) is 0 Å². The number of hydrogen-bond acceptors (Lipinski definition) is 3. The third kappa shape index (κ3) is 6.01. The lowest BCUT2D eigenvalue weighted by atomic mass is 10.0. The summed E-state index contributed by atoms with van der Waals surface area (Å²) in [5.74, 6) is -0.211. The molecule has 0 spiro atoms. The van der Waals surface area contributed by atoms with Crippen LogP contribution in [0.4, 0.5) is 0 Å². The van der Waals surface area contributed by atoms with Crippen molar-refractivity contribution in [2.24, 2.45) is 0 Å². The minimum absolute atomic E-state index is 0.0451. The lowest BCUT2D eigenvalue weighted by Gasteiger charge is -2.31. The van der Waals surface area contributed by atoms with Gasteiger partial charge in [0.15, 0.2) is 0 Å². The van der Waals surface area contributed by atoms with Gasteiger partial charge in [0.2, 0.25) is 11.8 Å². The predicted octanol–water partition coefficient (Wildman–Crippen LogP) is 3.75. The second kappa shape index (κ2) is 10.9. The molecule has 3 rings (SSSR count). The summed E-state index contributed by atoms with van der Waals surface area (Å²) >= 11 is 0. The fraction of sp³-hybridized carbons (Fsp3) is 0.240. The van der Waals surface area contributed by atoms with Crippen molar-refractivity contribution in [3.8, 4) is 0 Å². The van der Waals surface area contributed by atoms with Crippen molar-refractivity contribution in [3.05, 3.63) is 102 Å². The van der Waals surface area contributed by atoms with Crippen LogP contribution in [0.1, 0.15) is 30.0 Å². The zero-order chi connectivity index (χ0) is 21.2. The zero-order valence-electron chi connectivity index (χ0n) is 17.2. The summed E-state index contributed by atoms with van der Waals surface area (Å²) < 4.78 is 0. The standard InChI is InChI=1S/C25H27N3O2/c1-2-24(29)28(19-21-12-7-4-8-13-21)23(16-20-10-5-3-6-11-20)25(30)27-18-22-14-9-15-26-17-22/h3-15,17,23H,2,16,18-19H2,1H3,(H,27,30). The summed E-state index contributed by atoms with van der Waals surface area (Å²) in [5.41, 5.74) is 2.93. The van der Waals surface area contributed by atoms with Crippen LogP contribution in [0.2, 0.25) is 0 Å². The van der Waals surface area contributed by atoms with Crippen LogP contribution in [0.25, 0.3) is 0 Å². The van der Waals surface area contributed by atoms with Gasteiger partial charge in [-0.1, -0.05) is 73.7 Å².